The molecular weight excluding hydrogens is 425 g/mol. The third kappa shape index (κ3) is 4.52. The van der Waals surface area contributed by atoms with Crippen molar-refractivity contribution in [1.29, 1.82) is 0 Å². The largest absolute Gasteiger partial charge is 0.460 e. The summed E-state index contributed by atoms with van der Waals surface area (Å²) in [6.45, 7) is -2.93. The molecule has 0 aliphatic heterocycles. The molecule has 16 heteroatoms. The third-order valence-electron chi connectivity index (χ3n) is 3.14. The van der Waals surface area contributed by atoms with Crippen molar-refractivity contribution in [2.24, 2.45) is 5.73 Å². The molecule has 27 heavy (non-hydrogen) atoms. The minimum absolute atomic E-state index is 0.497. The first-order valence-corrected chi connectivity index (χ1v) is 6.62. The minimum atomic E-state index is -7.91. The summed E-state index contributed by atoms with van der Waals surface area (Å²) < 4.78 is 170. The molecule has 1 atom stereocenters. The highest BCUT2D eigenvalue weighted by Gasteiger charge is 2.90. The maximum Gasteiger partial charge on any atom is 0.460 e. The van der Waals surface area contributed by atoms with Gasteiger partial charge in [0.25, 0.3) is 0 Å². The Labute approximate surface area is 142 Å². The second-order valence-corrected chi connectivity index (χ2v) is 5.21. The molecule has 0 bridgehead atoms. The number of halogens is 13. The normalized spacial score (nSPS) is 16.6. The number of nitrogens with two attached hydrogens (primary N) is 1. The van der Waals surface area contributed by atoms with E-state index in [0.717, 1.165) is 0 Å². The van der Waals surface area contributed by atoms with Gasteiger partial charge in [-0.2, -0.15) is 57.1 Å². The quantitative estimate of drug-likeness (QED) is 0.407. The van der Waals surface area contributed by atoms with Crippen LogP contribution in [0.1, 0.15) is 6.42 Å². The van der Waals surface area contributed by atoms with Gasteiger partial charge in [-0.25, -0.2) is 0 Å². The number of rotatable bonds is 10. The Balaban J connectivity index is 5.62. The van der Waals surface area contributed by atoms with Crippen molar-refractivity contribution >= 4 is 0 Å². The van der Waals surface area contributed by atoms with Crippen LogP contribution < -0.4 is 5.73 Å². The Morgan fingerprint density at radius 3 is 1.48 bits per heavy atom. The number of hydrogen-bond acceptors (Lipinski definition) is 3. The fourth-order valence-electron chi connectivity index (χ4n) is 1.45. The zero-order valence-corrected chi connectivity index (χ0v) is 12.8. The lowest BCUT2D eigenvalue weighted by Crippen LogP contribution is -2.70. The summed E-state index contributed by atoms with van der Waals surface area (Å²) in [4.78, 5) is 0. The van der Waals surface area contributed by atoms with Crippen LogP contribution in [0.3, 0.4) is 0 Å². The Morgan fingerprint density at radius 1 is 0.704 bits per heavy atom. The Morgan fingerprint density at radius 2 is 1.11 bits per heavy atom. The summed E-state index contributed by atoms with van der Waals surface area (Å²) >= 11 is 0. The van der Waals surface area contributed by atoms with Crippen LogP contribution in [-0.2, 0) is 4.74 Å². The lowest BCUT2D eigenvalue weighted by molar-refractivity contribution is -0.440. The monoisotopic (exact) mass is 437 g/mol. The molecular formula is C11H12F13NO2. The molecule has 0 heterocycles. The average molecular weight is 437 g/mol. The maximum atomic E-state index is 13.3. The van der Waals surface area contributed by atoms with Crippen LogP contribution in [0.4, 0.5) is 57.1 Å². The first kappa shape index (κ1) is 26.0. The van der Waals surface area contributed by atoms with E-state index in [1.165, 1.54) is 0 Å². The zero-order chi connectivity index (χ0) is 22.1. The number of aliphatic hydroxyl groups excluding tert-OH is 1. The summed E-state index contributed by atoms with van der Waals surface area (Å²) in [5.74, 6) is -37.0. The second kappa shape index (κ2) is 7.77. The van der Waals surface area contributed by atoms with Gasteiger partial charge in [-0.1, -0.05) is 0 Å². The standard InChI is InChI=1S/C11H12F13NO2/c12-6(13,1-2-27-4-5(26)3-25)7(14,15)8(16,17)9(18,19)10(20,21)11(22,23)24/h5,26H,1-4,25H2/t5-/m0/s1. The second-order valence-electron chi connectivity index (χ2n) is 5.21. The topological polar surface area (TPSA) is 55.5 Å². The smallest absolute Gasteiger partial charge is 0.389 e. The third-order valence-corrected chi connectivity index (χ3v) is 3.14. The molecule has 0 fully saturated rings. The van der Waals surface area contributed by atoms with E-state index in [0.29, 0.717) is 0 Å². The molecule has 0 spiro atoms. The molecule has 0 unspecified atom stereocenters. The summed E-state index contributed by atoms with van der Waals surface area (Å²) in [5, 5.41) is 8.85. The predicted octanol–water partition coefficient (Wildman–Crippen LogP) is 3.45. The van der Waals surface area contributed by atoms with Crippen molar-refractivity contribution in [3.63, 3.8) is 0 Å². The highest BCUT2D eigenvalue weighted by molar-refractivity contribution is 5.10. The van der Waals surface area contributed by atoms with Gasteiger partial charge in [0.15, 0.2) is 0 Å². The summed E-state index contributed by atoms with van der Waals surface area (Å²) in [6.07, 6.45) is -11.4. The first-order valence-electron chi connectivity index (χ1n) is 6.62. The van der Waals surface area contributed by atoms with Gasteiger partial charge in [0.1, 0.15) is 0 Å². The van der Waals surface area contributed by atoms with Gasteiger partial charge in [-0.05, 0) is 0 Å². The van der Waals surface area contributed by atoms with E-state index in [1.807, 2.05) is 0 Å². The van der Waals surface area contributed by atoms with Crippen LogP contribution in [0, 0.1) is 0 Å². The summed E-state index contributed by atoms with van der Waals surface area (Å²) in [6, 6.07) is 0. The molecule has 3 N–H and O–H groups in total. The van der Waals surface area contributed by atoms with Gasteiger partial charge in [0.05, 0.1) is 19.3 Å². The van der Waals surface area contributed by atoms with Crippen LogP contribution in [0.15, 0.2) is 0 Å². The van der Waals surface area contributed by atoms with Gasteiger partial charge in [0.2, 0.25) is 0 Å². The maximum absolute atomic E-state index is 13.3. The molecule has 0 saturated carbocycles. The molecule has 0 saturated heterocycles. The van der Waals surface area contributed by atoms with Gasteiger partial charge in [0, 0.05) is 13.0 Å². The summed E-state index contributed by atoms with van der Waals surface area (Å²) in [5.41, 5.74) is 4.85. The van der Waals surface area contributed by atoms with Crippen molar-refractivity contribution < 1.29 is 66.9 Å². The minimum Gasteiger partial charge on any atom is -0.389 e. The van der Waals surface area contributed by atoms with Gasteiger partial charge >= 0.3 is 35.8 Å². The number of ether oxygens (including phenoxy) is 1. The van der Waals surface area contributed by atoms with Crippen LogP contribution in [-0.4, -0.2) is 66.8 Å². The molecule has 0 aliphatic carbocycles. The molecule has 3 nitrogen and oxygen atoms in total. The van der Waals surface area contributed by atoms with E-state index in [4.69, 9.17) is 10.8 Å². The van der Waals surface area contributed by atoms with Crippen LogP contribution in [0.5, 0.6) is 0 Å². The zero-order valence-electron chi connectivity index (χ0n) is 12.8. The van der Waals surface area contributed by atoms with Crippen LogP contribution in [0.25, 0.3) is 0 Å². The van der Waals surface area contributed by atoms with Gasteiger partial charge < -0.3 is 15.6 Å². The van der Waals surface area contributed by atoms with E-state index in [2.05, 4.69) is 4.74 Å². The Hall–Kier alpha value is -1.03. The molecule has 0 radical (unpaired) electrons. The predicted molar refractivity (Wildman–Crippen MR) is 61.3 cm³/mol. The fraction of sp³-hybridized carbons (Fsp3) is 1.00. The van der Waals surface area contributed by atoms with E-state index < -0.39 is 68.1 Å². The highest BCUT2D eigenvalue weighted by atomic mass is 19.4. The lowest BCUT2D eigenvalue weighted by Gasteiger charge is -2.39. The highest BCUT2D eigenvalue weighted by Crippen LogP contribution is 2.60. The number of aliphatic hydroxyl groups is 1. The SMILES string of the molecule is NC[C@H](O)COCCC(F)(F)C(F)(F)C(F)(F)C(F)(F)C(F)(F)C(F)(F)F. The number of alkyl halides is 13. The van der Waals surface area contributed by atoms with E-state index in [1.54, 1.807) is 0 Å². The van der Waals surface area contributed by atoms with Gasteiger partial charge in [-0.3, -0.25) is 0 Å². The first-order chi connectivity index (χ1) is 11.7. The molecule has 164 valence electrons. The Kier molecular flexibility index (Phi) is 7.47. The molecule has 0 aromatic rings. The van der Waals surface area contributed by atoms with Gasteiger partial charge in [-0.15, -0.1) is 0 Å². The molecule has 0 aromatic carbocycles. The molecule has 0 rings (SSSR count). The van der Waals surface area contributed by atoms with Crippen molar-refractivity contribution in [3.05, 3.63) is 0 Å². The Bertz CT molecular complexity index is 491. The number of hydrogen-bond donors (Lipinski definition) is 2. The van der Waals surface area contributed by atoms with Crippen molar-refractivity contribution in [1.82, 2.24) is 0 Å². The molecule has 0 aromatic heterocycles. The molecule has 0 amide bonds. The van der Waals surface area contributed by atoms with Crippen molar-refractivity contribution in [3.8, 4) is 0 Å². The fourth-order valence-corrected chi connectivity index (χ4v) is 1.45. The van der Waals surface area contributed by atoms with Crippen LogP contribution in [0.2, 0.25) is 0 Å². The van der Waals surface area contributed by atoms with E-state index in [9.17, 15) is 57.1 Å². The van der Waals surface area contributed by atoms with Crippen LogP contribution >= 0.6 is 0 Å². The van der Waals surface area contributed by atoms with Crippen molar-refractivity contribution in [2.45, 2.75) is 48.3 Å². The average Bonchev–Trinajstić information content (AvgIpc) is 2.49. The van der Waals surface area contributed by atoms with E-state index in [-0.39, 0.29) is 0 Å². The van der Waals surface area contributed by atoms with Crippen molar-refractivity contribution in [2.75, 3.05) is 19.8 Å². The van der Waals surface area contributed by atoms with E-state index >= 15 is 0 Å². The summed E-state index contributed by atoms with van der Waals surface area (Å²) in [7, 11) is 0. The molecule has 0 aliphatic rings. The lowest BCUT2D eigenvalue weighted by atomic mass is 9.93.